The minimum absolute atomic E-state index is 0.756. The van der Waals surface area contributed by atoms with Crippen LogP contribution in [0.5, 0.6) is 0 Å². The number of carboxylic acids is 2. The van der Waals surface area contributed by atoms with Crippen LogP contribution in [0.15, 0.2) is 90.0 Å². The molecule has 0 unspecified atom stereocenters. The number of hydrogen-bond acceptors (Lipinski definition) is 5. The Balaban J connectivity index is 0.000000481. The minimum atomic E-state index is -1.82. The third kappa shape index (κ3) is 6.49. The van der Waals surface area contributed by atoms with E-state index < -0.39 is 11.9 Å². The van der Waals surface area contributed by atoms with Crippen LogP contribution in [0.3, 0.4) is 0 Å². The molecule has 7 nitrogen and oxygen atoms in total. The predicted octanol–water partition coefficient (Wildman–Crippen LogP) is 5.24. The largest absolute Gasteiger partial charge is 0.473 e. The van der Waals surface area contributed by atoms with E-state index >= 15 is 0 Å². The lowest BCUT2D eigenvalue weighted by Gasteiger charge is -2.09. The van der Waals surface area contributed by atoms with Crippen LogP contribution < -0.4 is 5.32 Å². The molecule has 0 aliphatic rings. The summed E-state index contributed by atoms with van der Waals surface area (Å²) in [6, 6.07) is 27.7. The van der Waals surface area contributed by atoms with Crippen LogP contribution in [0, 0.1) is 0 Å². The monoisotopic (exact) mass is 475 g/mol. The number of imidazole rings is 1. The number of benzene rings is 3. The summed E-state index contributed by atoms with van der Waals surface area (Å²) in [5.41, 5.74) is 5.95. The Morgan fingerprint density at radius 3 is 1.97 bits per heavy atom. The van der Waals surface area contributed by atoms with Gasteiger partial charge in [0.1, 0.15) is 0 Å². The van der Waals surface area contributed by atoms with Crippen molar-refractivity contribution in [2.45, 2.75) is 11.4 Å². The van der Waals surface area contributed by atoms with Gasteiger partial charge in [0.05, 0.1) is 11.9 Å². The first-order valence-corrected chi connectivity index (χ1v) is 11.6. The van der Waals surface area contributed by atoms with Crippen molar-refractivity contribution in [2.75, 3.05) is 11.6 Å². The number of hydrogen-bond donors (Lipinski definition) is 3. The number of carbonyl (C=O) groups is 2. The summed E-state index contributed by atoms with van der Waals surface area (Å²) in [4.78, 5) is 24.0. The summed E-state index contributed by atoms with van der Waals surface area (Å²) in [6.45, 7) is 0.756. The Morgan fingerprint density at radius 1 is 0.853 bits per heavy atom. The Morgan fingerprint density at radius 2 is 1.41 bits per heavy atom. The molecule has 4 aromatic rings. The van der Waals surface area contributed by atoms with E-state index in [2.05, 4.69) is 93.9 Å². The van der Waals surface area contributed by atoms with Crippen molar-refractivity contribution in [3.8, 4) is 22.4 Å². The number of thioether (sulfide) groups is 1. The first-order chi connectivity index (χ1) is 16.4. The zero-order valence-corrected chi connectivity index (χ0v) is 19.6. The summed E-state index contributed by atoms with van der Waals surface area (Å²) in [5.74, 6) is -2.78. The van der Waals surface area contributed by atoms with Crippen LogP contribution in [0.4, 0.5) is 5.95 Å². The molecule has 3 N–H and O–H groups in total. The van der Waals surface area contributed by atoms with Crippen LogP contribution in [-0.4, -0.2) is 38.0 Å². The first-order valence-electron chi connectivity index (χ1n) is 10.4. The molecule has 0 radical (unpaired) electrons. The van der Waals surface area contributed by atoms with Gasteiger partial charge in [-0.25, -0.2) is 14.6 Å². The van der Waals surface area contributed by atoms with Crippen LogP contribution >= 0.6 is 11.8 Å². The van der Waals surface area contributed by atoms with E-state index in [0.29, 0.717) is 0 Å². The molecule has 0 bridgehead atoms. The first kappa shape index (κ1) is 24.6. The Hall–Kier alpha value is -4.04. The van der Waals surface area contributed by atoms with E-state index in [1.165, 1.54) is 21.6 Å². The van der Waals surface area contributed by atoms with Crippen molar-refractivity contribution in [3.63, 3.8) is 0 Å². The molecule has 0 fully saturated rings. The Labute approximate surface area is 202 Å². The van der Waals surface area contributed by atoms with Crippen LogP contribution in [-0.2, 0) is 23.2 Å². The minimum Gasteiger partial charge on any atom is -0.473 e. The Kier molecular flexibility index (Phi) is 8.48. The molecule has 8 heteroatoms. The topological polar surface area (TPSA) is 104 Å². The normalized spacial score (nSPS) is 10.2. The number of nitrogens with zero attached hydrogens (tertiary/aromatic N) is 2. The summed E-state index contributed by atoms with van der Waals surface area (Å²) >= 11 is 1.76. The zero-order chi connectivity index (χ0) is 24.5. The third-order valence-corrected chi connectivity index (χ3v) is 5.81. The van der Waals surface area contributed by atoms with E-state index in [4.69, 9.17) is 19.8 Å². The summed E-state index contributed by atoms with van der Waals surface area (Å²) in [5, 5.41) is 18.2. The lowest BCUT2D eigenvalue weighted by atomic mass is 10.0. The maximum absolute atomic E-state index is 9.10. The smallest absolute Gasteiger partial charge is 0.414 e. The SMILES string of the molecule is CSc1ccc(CNc2ncc(-c3ccc(-c4ccccc4)cc3)n2C)cc1.O=C(O)C(=O)O. The molecule has 0 spiro atoms. The molecule has 1 heterocycles. The van der Waals surface area contributed by atoms with Gasteiger partial charge in [0.2, 0.25) is 5.95 Å². The molecule has 0 saturated heterocycles. The highest BCUT2D eigenvalue weighted by molar-refractivity contribution is 7.98. The summed E-state index contributed by atoms with van der Waals surface area (Å²) in [6.07, 6.45) is 4.02. The fourth-order valence-corrected chi connectivity index (χ4v) is 3.64. The van der Waals surface area contributed by atoms with Gasteiger partial charge in [-0.3, -0.25) is 0 Å². The van der Waals surface area contributed by atoms with E-state index in [1.807, 2.05) is 19.3 Å². The maximum Gasteiger partial charge on any atom is 0.414 e. The van der Waals surface area contributed by atoms with Gasteiger partial charge in [0.25, 0.3) is 0 Å². The third-order valence-electron chi connectivity index (χ3n) is 5.07. The molecular weight excluding hydrogens is 450 g/mol. The van der Waals surface area contributed by atoms with Gasteiger partial charge in [-0.15, -0.1) is 11.8 Å². The van der Waals surface area contributed by atoms with Gasteiger partial charge in [-0.1, -0.05) is 66.7 Å². The van der Waals surface area contributed by atoms with Crippen molar-refractivity contribution in [2.24, 2.45) is 7.05 Å². The van der Waals surface area contributed by atoms with E-state index in [9.17, 15) is 0 Å². The van der Waals surface area contributed by atoms with Gasteiger partial charge in [-0.05, 0) is 40.6 Å². The molecule has 4 rings (SSSR count). The van der Waals surface area contributed by atoms with Crippen molar-refractivity contribution < 1.29 is 19.8 Å². The molecule has 0 saturated carbocycles. The summed E-state index contributed by atoms with van der Waals surface area (Å²) in [7, 11) is 2.05. The number of aromatic nitrogens is 2. The highest BCUT2D eigenvalue weighted by atomic mass is 32.2. The van der Waals surface area contributed by atoms with Gasteiger partial charge in [0.15, 0.2) is 0 Å². The van der Waals surface area contributed by atoms with Crippen molar-refractivity contribution in [1.82, 2.24) is 9.55 Å². The van der Waals surface area contributed by atoms with Crippen molar-refractivity contribution >= 4 is 29.6 Å². The predicted molar refractivity (Wildman–Crippen MR) is 135 cm³/mol. The van der Waals surface area contributed by atoms with E-state index in [-0.39, 0.29) is 0 Å². The number of nitrogens with one attached hydrogen (secondary N) is 1. The van der Waals surface area contributed by atoms with Crippen molar-refractivity contribution in [1.29, 1.82) is 0 Å². The second kappa shape index (κ2) is 11.7. The lowest BCUT2D eigenvalue weighted by molar-refractivity contribution is -0.159. The van der Waals surface area contributed by atoms with Crippen LogP contribution in [0.25, 0.3) is 22.4 Å². The molecule has 0 amide bonds. The molecule has 0 aliphatic heterocycles. The fraction of sp³-hybridized carbons (Fsp3) is 0.115. The van der Waals surface area contributed by atoms with Crippen LogP contribution in [0.1, 0.15) is 5.56 Å². The standard InChI is InChI=1S/C24H23N3S.C2H2O4/c1-27-23(21-12-10-20(11-13-21)19-6-4-3-5-7-19)17-26-24(27)25-16-18-8-14-22(28-2)15-9-18;3-1(4)2(5)6/h3-15,17H,16H2,1-2H3,(H,25,26);(H,3,4)(H,5,6). The molecule has 3 aromatic carbocycles. The lowest BCUT2D eigenvalue weighted by Crippen LogP contribution is -2.09. The molecular formula is C26H25N3O4S. The average molecular weight is 476 g/mol. The molecule has 1 aromatic heterocycles. The van der Waals surface area contributed by atoms with Crippen molar-refractivity contribution in [3.05, 3.63) is 90.6 Å². The molecule has 0 atom stereocenters. The highest BCUT2D eigenvalue weighted by Crippen LogP contribution is 2.26. The summed E-state index contributed by atoms with van der Waals surface area (Å²) < 4.78 is 2.10. The second-order valence-electron chi connectivity index (χ2n) is 7.28. The van der Waals surface area contributed by atoms with E-state index in [1.54, 1.807) is 11.8 Å². The molecule has 34 heavy (non-hydrogen) atoms. The van der Waals surface area contributed by atoms with E-state index in [0.717, 1.165) is 23.8 Å². The van der Waals surface area contributed by atoms with Gasteiger partial charge in [0, 0.05) is 18.5 Å². The number of rotatable bonds is 6. The maximum atomic E-state index is 9.10. The molecule has 174 valence electrons. The van der Waals surface area contributed by atoms with Crippen LogP contribution in [0.2, 0.25) is 0 Å². The Bertz CT molecular complexity index is 1230. The van der Waals surface area contributed by atoms with Gasteiger partial charge >= 0.3 is 11.9 Å². The number of anilines is 1. The number of carboxylic acid groups (broad SMARTS) is 2. The number of aliphatic carboxylic acids is 2. The quantitative estimate of drug-likeness (QED) is 0.259. The second-order valence-corrected chi connectivity index (χ2v) is 8.16. The fourth-order valence-electron chi connectivity index (χ4n) is 3.23. The van der Waals surface area contributed by atoms with Gasteiger partial charge in [-0.2, -0.15) is 0 Å². The average Bonchev–Trinajstić information content (AvgIpc) is 3.24. The highest BCUT2D eigenvalue weighted by Gasteiger charge is 2.09. The van der Waals surface area contributed by atoms with Gasteiger partial charge < -0.3 is 20.1 Å². The zero-order valence-electron chi connectivity index (χ0n) is 18.8. The molecule has 0 aliphatic carbocycles.